The summed E-state index contributed by atoms with van der Waals surface area (Å²) in [7, 11) is -3.27. The van der Waals surface area contributed by atoms with E-state index in [-0.39, 0.29) is 17.4 Å². The highest BCUT2D eigenvalue weighted by molar-refractivity contribution is 7.99. The van der Waals surface area contributed by atoms with Crippen molar-refractivity contribution < 1.29 is 13.2 Å². The van der Waals surface area contributed by atoms with Gasteiger partial charge in [-0.15, -0.1) is 0 Å². The lowest BCUT2D eigenvalue weighted by atomic mass is 10.3. The molecular formula is C7H13NO3S2. The smallest absolute Gasteiger partial charge is 0.246 e. The molecule has 0 saturated carbocycles. The van der Waals surface area contributed by atoms with Crippen molar-refractivity contribution >= 4 is 27.7 Å². The summed E-state index contributed by atoms with van der Waals surface area (Å²) in [4.78, 5) is 11.3. The minimum Gasteiger partial charge on any atom is -0.273 e. The molecule has 1 aliphatic rings. The molecule has 0 bridgehead atoms. The van der Waals surface area contributed by atoms with Crippen molar-refractivity contribution in [2.75, 3.05) is 24.3 Å². The molecule has 0 N–H and O–H groups in total. The Kier molecular flexibility index (Phi) is 3.61. The maximum atomic E-state index is 11.4. The Morgan fingerprint density at radius 3 is 2.69 bits per heavy atom. The highest BCUT2D eigenvalue weighted by atomic mass is 32.2. The van der Waals surface area contributed by atoms with Gasteiger partial charge in [0.2, 0.25) is 15.9 Å². The second kappa shape index (κ2) is 4.32. The molecule has 6 heteroatoms. The first-order valence-corrected chi connectivity index (χ1v) is 7.10. The van der Waals surface area contributed by atoms with E-state index in [0.29, 0.717) is 13.0 Å². The lowest BCUT2D eigenvalue weighted by Gasteiger charge is -2.25. The minimum absolute atomic E-state index is 0.118. The molecule has 1 aliphatic heterocycles. The molecule has 1 fully saturated rings. The van der Waals surface area contributed by atoms with Gasteiger partial charge in [-0.25, -0.2) is 12.7 Å². The van der Waals surface area contributed by atoms with E-state index in [4.69, 9.17) is 0 Å². The van der Waals surface area contributed by atoms with Crippen molar-refractivity contribution in [3.63, 3.8) is 0 Å². The van der Waals surface area contributed by atoms with Crippen molar-refractivity contribution in [2.24, 2.45) is 0 Å². The van der Waals surface area contributed by atoms with Crippen LogP contribution in [0.4, 0.5) is 0 Å². The van der Waals surface area contributed by atoms with E-state index >= 15 is 0 Å². The van der Waals surface area contributed by atoms with Gasteiger partial charge in [-0.3, -0.25) is 4.79 Å². The number of carbonyl (C=O) groups is 1. The van der Waals surface area contributed by atoms with Crippen LogP contribution < -0.4 is 0 Å². The largest absolute Gasteiger partial charge is 0.273 e. The van der Waals surface area contributed by atoms with Crippen LogP contribution in [0.5, 0.6) is 0 Å². The summed E-state index contributed by atoms with van der Waals surface area (Å²) in [5.41, 5.74) is 0. The van der Waals surface area contributed by atoms with Gasteiger partial charge in [0.25, 0.3) is 0 Å². The van der Waals surface area contributed by atoms with Gasteiger partial charge in [-0.1, -0.05) is 0 Å². The zero-order valence-corrected chi connectivity index (χ0v) is 9.16. The molecular weight excluding hydrogens is 210 g/mol. The quantitative estimate of drug-likeness (QED) is 0.675. The van der Waals surface area contributed by atoms with Gasteiger partial charge in [0.1, 0.15) is 0 Å². The van der Waals surface area contributed by atoms with Gasteiger partial charge in [-0.2, -0.15) is 11.8 Å². The minimum atomic E-state index is -3.27. The van der Waals surface area contributed by atoms with Crippen LogP contribution >= 0.6 is 11.8 Å². The molecule has 1 amide bonds. The van der Waals surface area contributed by atoms with E-state index in [2.05, 4.69) is 0 Å². The van der Waals surface area contributed by atoms with Crippen molar-refractivity contribution in [1.82, 2.24) is 4.31 Å². The fourth-order valence-corrected chi connectivity index (χ4v) is 3.32. The van der Waals surface area contributed by atoms with E-state index in [9.17, 15) is 13.2 Å². The molecule has 13 heavy (non-hydrogen) atoms. The fraction of sp³-hybridized carbons (Fsp3) is 0.857. The molecule has 1 saturated heterocycles. The summed E-state index contributed by atoms with van der Waals surface area (Å²) in [5, 5.41) is 0. The second-order valence-electron chi connectivity index (χ2n) is 2.92. The molecule has 0 atom stereocenters. The first-order valence-electron chi connectivity index (χ1n) is 4.10. The second-order valence-corrected chi connectivity index (χ2v) is 5.80. The maximum Gasteiger partial charge on any atom is 0.246 e. The molecule has 0 aliphatic carbocycles. The summed E-state index contributed by atoms with van der Waals surface area (Å²) < 4.78 is 23.8. The summed E-state index contributed by atoms with van der Waals surface area (Å²) in [6.45, 7) is 0.363. The number of nitrogens with zero attached hydrogens (tertiary/aromatic N) is 1. The van der Waals surface area contributed by atoms with Crippen LogP contribution in [0.2, 0.25) is 0 Å². The normalized spacial score (nSPS) is 21.5. The summed E-state index contributed by atoms with van der Waals surface area (Å²) in [5.74, 6) is 0.0824. The lowest BCUT2D eigenvalue weighted by molar-refractivity contribution is -0.123. The third-order valence-electron chi connectivity index (χ3n) is 1.90. The Balaban J connectivity index is 2.71. The number of carbonyl (C=O) groups excluding carboxylic acids is 1. The zero-order chi connectivity index (χ0) is 9.90. The third kappa shape index (κ3) is 2.60. The highest BCUT2D eigenvalue weighted by Gasteiger charge is 2.29. The number of thioether (sulfide) groups is 1. The molecule has 0 spiro atoms. The summed E-state index contributed by atoms with van der Waals surface area (Å²) >= 11 is 1.35. The molecule has 0 aromatic heterocycles. The monoisotopic (exact) mass is 223 g/mol. The molecule has 1 rings (SSSR count). The Hall–Kier alpha value is -0.230. The Bertz CT molecular complexity index is 286. The average Bonchev–Trinajstić information content (AvgIpc) is 2.03. The van der Waals surface area contributed by atoms with Gasteiger partial charge in [0, 0.05) is 6.54 Å². The molecule has 4 nitrogen and oxygen atoms in total. The van der Waals surface area contributed by atoms with Crippen LogP contribution in [0, 0.1) is 0 Å². The van der Waals surface area contributed by atoms with Crippen molar-refractivity contribution in [2.45, 2.75) is 12.8 Å². The van der Waals surface area contributed by atoms with Crippen LogP contribution in [0.1, 0.15) is 12.8 Å². The van der Waals surface area contributed by atoms with Gasteiger partial charge in [0.05, 0.1) is 11.5 Å². The Labute approximate surface area is 82.7 Å². The number of rotatable bonds is 2. The molecule has 0 unspecified atom stereocenters. The first-order chi connectivity index (χ1) is 6.08. The van der Waals surface area contributed by atoms with Crippen LogP contribution in [0.3, 0.4) is 0 Å². The van der Waals surface area contributed by atoms with E-state index in [1.165, 1.54) is 11.8 Å². The summed E-state index contributed by atoms with van der Waals surface area (Å²) in [6.07, 6.45) is 3.25. The van der Waals surface area contributed by atoms with Crippen molar-refractivity contribution in [1.29, 1.82) is 0 Å². The van der Waals surface area contributed by atoms with Crippen LogP contribution in [0.15, 0.2) is 0 Å². The topological polar surface area (TPSA) is 54.5 Å². The summed E-state index contributed by atoms with van der Waals surface area (Å²) in [6, 6.07) is 0. The van der Waals surface area contributed by atoms with Crippen LogP contribution in [-0.2, 0) is 14.8 Å². The number of sulfonamides is 1. The molecule has 1 heterocycles. The van der Waals surface area contributed by atoms with E-state index in [1.54, 1.807) is 6.26 Å². The lowest BCUT2D eigenvalue weighted by Crippen LogP contribution is -2.43. The van der Waals surface area contributed by atoms with E-state index in [1.807, 2.05) is 0 Å². The molecule has 0 aromatic carbocycles. The molecule has 0 radical (unpaired) electrons. The Morgan fingerprint density at radius 2 is 2.15 bits per heavy atom. The van der Waals surface area contributed by atoms with Crippen LogP contribution in [-0.4, -0.2) is 42.9 Å². The maximum absolute atomic E-state index is 11.4. The fourth-order valence-electron chi connectivity index (χ4n) is 1.26. The van der Waals surface area contributed by atoms with Gasteiger partial charge < -0.3 is 0 Å². The predicted octanol–water partition coefficient (Wildman–Crippen LogP) is 0.302. The van der Waals surface area contributed by atoms with E-state index in [0.717, 1.165) is 10.7 Å². The third-order valence-corrected chi connectivity index (χ3v) is 4.29. The van der Waals surface area contributed by atoms with Gasteiger partial charge in [0.15, 0.2) is 0 Å². The zero-order valence-electron chi connectivity index (χ0n) is 7.52. The number of hydrogen-bond acceptors (Lipinski definition) is 4. The molecule has 0 aromatic rings. The Morgan fingerprint density at radius 1 is 1.46 bits per heavy atom. The standard InChI is InChI=1S/C7H13NO3S2/c1-12-6-7(9)8-4-2-3-5-13(8,10)11/h2-6H2,1H3. The average molecular weight is 223 g/mol. The van der Waals surface area contributed by atoms with Crippen molar-refractivity contribution in [3.05, 3.63) is 0 Å². The highest BCUT2D eigenvalue weighted by Crippen LogP contribution is 2.14. The SMILES string of the molecule is CSCC(=O)N1CCCCS1(=O)=O. The van der Waals surface area contributed by atoms with Gasteiger partial charge in [-0.05, 0) is 19.1 Å². The molecule has 76 valence electrons. The first kappa shape index (κ1) is 10.8. The van der Waals surface area contributed by atoms with E-state index < -0.39 is 10.0 Å². The van der Waals surface area contributed by atoms with Gasteiger partial charge >= 0.3 is 0 Å². The van der Waals surface area contributed by atoms with Crippen molar-refractivity contribution in [3.8, 4) is 0 Å². The number of amides is 1. The predicted molar refractivity (Wildman–Crippen MR) is 53.1 cm³/mol. The number of hydrogen-bond donors (Lipinski definition) is 0. The van der Waals surface area contributed by atoms with Crippen LogP contribution in [0.25, 0.3) is 0 Å².